The van der Waals surface area contributed by atoms with Gasteiger partial charge in [0.2, 0.25) is 0 Å². The van der Waals surface area contributed by atoms with Crippen LogP contribution in [0.1, 0.15) is 55.7 Å². The van der Waals surface area contributed by atoms with Crippen molar-refractivity contribution >= 4 is 51.2 Å². The van der Waals surface area contributed by atoms with E-state index in [-0.39, 0.29) is 41.8 Å². The number of nitrogens with one attached hydrogen (secondary N) is 1. The first-order chi connectivity index (χ1) is 25.9. The summed E-state index contributed by atoms with van der Waals surface area (Å²) in [5.41, 5.74) is 5.92. The third-order valence-corrected chi connectivity index (χ3v) is 12.5. The number of likely N-dealkylation sites (tertiary alicyclic amines) is 1. The van der Waals surface area contributed by atoms with E-state index in [1.807, 2.05) is 24.3 Å². The molecule has 4 saturated heterocycles. The Labute approximate surface area is 314 Å². The molecule has 54 heavy (non-hydrogen) atoms. The number of nitrogens with zero attached hydrogens (tertiary/aromatic N) is 6. The quantitative estimate of drug-likeness (QED) is 0.253. The number of carbonyl (C=O) groups is 2. The van der Waals surface area contributed by atoms with Gasteiger partial charge < -0.3 is 30.2 Å². The number of anilines is 1. The number of aromatic amines is 1. The maximum absolute atomic E-state index is 14.1. The molecule has 2 aromatic heterocycles. The number of amides is 2. The fraction of sp³-hybridized carbons (Fsp3) is 0.526. The van der Waals surface area contributed by atoms with E-state index in [0.717, 1.165) is 29.8 Å². The lowest BCUT2D eigenvalue weighted by Gasteiger charge is -2.45. The number of nitrogens with two attached hydrogens (primary N) is 1. The van der Waals surface area contributed by atoms with Crippen molar-refractivity contribution in [2.75, 3.05) is 52.0 Å². The first-order valence-corrected chi connectivity index (χ1v) is 19.1. The van der Waals surface area contributed by atoms with Crippen LogP contribution in [0.4, 0.5) is 23.7 Å². The number of piperidine rings is 2. The number of hydrogen-bond acceptors (Lipinski definition) is 8. The Hall–Kier alpha value is -4.34. The number of carbonyl (C=O) groups excluding carboxylic acids is 2. The summed E-state index contributed by atoms with van der Waals surface area (Å²) in [6.07, 6.45) is -0.0467. The van der Waals surface area contributed by atoms with Gasteiger partial charge >= 0.3 is 18.0 Å². The van der Waals surface area contributed by atoms with E-state index in [0.29, 0.717) is 68.2 Å². The minimum Gasteiger partial charge on any atom is -0.436 e. The molecule has 4 aliphatic rings. The molecule has 0 spiro atoms. The lowest BCUT2D eigenvalue weighted by atomic mass is 9.96. The van der Waals surface area contributed by atoms with E-state index < -0.39 is 35.5 Å². The van der Waals surface area contributed by atoms with Gasteiger partial charge in [-0.2, -0.15) is 13.2 Å². The number of imidazole rings is 1. The third-order valence-electron chi connectivity index (χ3n) is 12.2. The summed E-state index contributed by atoms with van der Waals surface area (Å²) in [7, 11) is 2.20. The Morgan fingerprint density at radius 3 is 2.33 bits per heavy atom. The molecule has 3 atom stereocenters. The van der Waals surface area contributed by atoms with Crippen molar-refractivity contribution in [2.45, 2.75) is 81.4 Å². The average molecular weight is 769 g/mol. The Balaban J connectivity index is 0.970. The SMILES string of the molecule is CN1C2CCC1CC(N1CCN(C(=O)C(Cc3cc(Cl)c(N)c(C(F)(F)F)c3)OC(=O)N3CCC(n4c(=O)[nH]c5c6ccccc6ncc54)CC3)CC1)C2. The largest absolute Gasteiger partial charge is 0.436 e. The van der Waals surface area contributed by atoms with E-state index in [2.05, 4.69) is 26.8 Å². The molecule has 2 bridgehead atoms. The fourth-order valence-electron chi connectivity index (χ4n) is 9.20. The molecule has 4 aromatic rings. The highest BCUT2D eigenvalue weighted by molar-refractivity contribution is 6.33. The Morgan fingerprint density at radius 1 is 0.963 bits per heavy atom. The van der Waals surface area contributed by atoms with Crippen LogP contribution in [-0.2, 0) is 22.1 Å². The predicted octanol–water partition coefficient (Wildman–Crippen LogP) is 5.29. The van der Waals surface area contributed by atoms with Gasteiger partial charge in [0.25, 0.3) is 5.91 Å². The highest BCUT2D eigenvalue weighted by Crippen LogP contribution is 2.39. The van der Waals surface area contributed by atoms with Crippen LogP contribution in [0.15, 0.2) is 47.4 Å². The van der Waals surface area contributed by atoms with Gasteiger partial charge in [-0.05, 0) is 69.3 Å². The van der Waals surface area contributed by atoms with Crippen LogP contribution < -0.4 is 11.4 Å². The third kappa shape index (κ3) is 6.90. The van der Waals surface area contributed by atoms with Crippen LogP contribution in [0.2, 0.25) is 5.02 Å². The highest BCUT2D eigenvalue weighted by Gasteiger charge is 2.42. The van der Waals surface area contributed by atoms with Crippen LogP contribution >= 0.6 is 11.6 Å². The molecule has 3 N–H and O–H groups in total. The minimum absolute atomic E-state index is 0.0756. The van der Waals surface area contributed by atoms with Crippen LogP contribution in [0, 0.1) is 0 Å². The molecule has 2 aromatic carbocycles. The Kier molecular flexibility index (Phi) is 9.76. The topological polar surface area (TPSA) is 133 Å². The van der Waals surface area contributed by atoms with E-state index in [4.69, 9.17) is 22.1 Å². The first kappa shape index (κ1) is 36.6. The summed E-state index contributed by atoms with van der Waals surface area (Å²) in [6, 6.07) is 11.1. The van der Waals surface area contributed by atoms with Gasteiger partial charge in [-0.3, -0.25) is 19.2 Å². The van der Waals surface area contributed by atoms with Crippen molar-refractivity contribution in [3.05, 3.63) is 69.2 Å². The number of fused-ring (bicyclic) bond motifs is 5. The van der Waals surface area contributed by atoms with Crippen LogP contribution in [-0.4, -0.2) is 117 Å². The fourth-order valence-corrected chi connectivity index (χ4v) is 9.44. The number of hydrogen-bond donors (Lipinski definition) is 2. The number of ether oxygens (including phenoxy) is 1. The summed E-state index contributed by atoms with van der Waals surface area (Å²) >= 11 is 6.14. The second-order valence-corrected chi connectivity index (χ2v) is 15.6. The molecule has 8 rings (SSSR count). The number of rotatable bonds is 6. The molecule has 0 radical (unpaired) electrons. The maximum atomic E-state index is 14.1. The highest BCUT2D eigenvalue weighted by atomic mass is 35.5. The monoisotopic (exact) mass is 768 g/mol. The molecule has 2 amide bonds. The number of nitrogen functional groups attached to an aromatic ring is 1. The molecular weight excluding hydrogens is 725 g/mol. The summed E-state index contributed by atoms with van der Waals surface area (Å²) < 4.78 is 49.2. The number of alkyl halides is 3. The van der Waals surface area contributed by atoms with Gasteiger partial charge in [-0.15, -0.1) is 0 Å². The molecule has 16 heteroatoms. The van der Waals surface area contributed by atoms with Gasteiger partial charge in [-0.1, -0.05) is 29.8 Å². The number of H-pyrrole nitrogens is 1. The van der Waals surface area contributed by atoms with Crippen LogP contribution in [0.5, 0.6) is 0 Å². The summed E-state index contributed by atoms with van der Waals surface area (Å²) in [4.78, 5) is 56.6. The first-order valence-electron chi connectivity index (χ1n) is 18.7. The molecule has 288 valence electrons. The second-order valence-electron chi connectivity index (χ2n) is 15.2. The smallest absolute Gasteiger partial charge is 0.418 e. The van der Waals surface area contributed by atoms with Gasteiger partial charge in [0, 0.05) is 75.2 Å². The van der Waals surface area contributed by atoms with Crippen molar-refractivity contribution < 1.29 is 27.5 Å². The molecular formula is C38H44ClF3N8O4. The zero-order valence-corrected chi connectivity index (χ0v) is 30.8. The standard InChI is InChI=1S/C38H44ClF3N8O4/c1-46-24-6-7-25(46)20-26(19-24)47-12-14-48(15-13-47)35(51)32(18-22-16-28(38(40,41)42)33(43)29(39)17-22)54-37(53)49-10-8-23(9-11-49)50-31-21-44-30-5-3-2-4-27(30)34(31)45-36(50)52/h2-5,16-17,21,23-26,32H,6-15,18-20,43H2,1H3,(H,45,52). The van der Waals surface area contributed by atoms with Crippen molar-refractivity contribution in [3.63, 3.8) is 0 Å². The van der Waals surface area contributed by atoms with Gasteiger partial charge in [-0.25, -0.2) is 9.59 Å². The summed E-state index contributed by atoms with van der Waals surface area (Å²) in [6.45, 7) is 2.65. The van der Waals surface area contributed by atoms with Crippen molar-refractivity contribution in [2.24, 2.45) is 0 Å². The second kappa shape index (κ2) is 14.4. The molecule has 0 saturated carbocycles. The van der Waals surface area contributed by atoms with Gasteiger partial charge in [0.05, 0.1) is 39.0 Å². The Morgan fingerprint density at radius 2 is 1.65 bits per heavy atom. The number of aromatic nitrogens is 3. The molecule has 4 fully saturated rings. The number of piperazine rings is 1. The Bertz CT molecular complexity index is 2110. The molecule has 12 nitrogen and oxygen atoms in total. The number of para-hydroxylation sites is 1. The number of benzene rings is 2. The van der Waals surface area contributed by atoms with E-state index >= 15 is 0 Å². The molecule has 6 heterocycles. The van der Waals surface area contributed by atoms with Crippen LogP contribution in [0.3, 0.4) is 0 Å². The van der Waals surface area contributed by atoms with E-state index in [1.165, 1.54) is 23.8 Å². The lowest BCUT2D eigenvalue weighted by Crippen LogP contribution is -2.57. The van der Waals surface area contributed by atoms with Crippen molar-refractivity contribution in [1.29, 1.82) is 0 Å². The number of pyridine rings is 1. The maximum Gasteiger partial charge on any atom is 0.418 e. The van der Waals surface area contributed by atoms with Crippen molar-refractivity contribution in [1.82, 2.24) is 34.1 Å². The predicted molar refractivity (Wildman–Crippen MR) is 198 cm³/mol. The zero-order valence-electron chi connectivity index (χ0n) is 30.0. The van der Waals surface area contributed by atoms with E-state index in [9.17, 15) is 27.6 Å². The molecule has 0 aliphatic carbocycles. The van der Waals surface area contributed by atoms with E-state index in [1.54, 1.807) is 15.7 Å². The van der Waals surface area contributed by atoms with Crippen molar-refractivity contribution in [3.8, 4) is 0 Å². The average Bonchev–Trinajstić information content (AvgIpc) is 3.58. The molecule has 3 unspecified atom stereocenters. The van der Waals surface area contributed by atoms with Crippen LogP contribution in [0.25, 0.3) is 21.9 Å². The van der Waals surface area contributed by atoms with Gasteiger partial charge in [0.15, 0.2) is 6.10 Å². The normalized spacial score (nSPS) is 23.7. The zero-order chi connectivity index (χ0) is 37.9. The number of halogens is 4. The lowest BCUT2D eigenvalue weighted by molar-refractivity contribution is -0.143. The summed E-state index contributed by atoms with van der Waals surface area (Å²) in [5.74, 6) is -0.465. The minimum atomic E-state index is -4.77. The van der Waals surface area contributed by atoms with Gasteiger partial charge in [0.1, 0.15) is 0 Å². The molecule has 4 aliphatic heterocycles. The summed E-state index contributed by atoms with van der Waals surface area (Å²) in [5, 5.41) is 0.540.